The van der Waals surface area contributed by atoms with Crippen LogP contribution in [0, 0.1) is 5.92 Å². The number of carbonyl (C=O) groups is 1. The van der Waals surface area contributed by atoms with E-state index in [9.17, 15) is 4.79 Å². The van der Waals surface area contributed by atoms with E-state index in [1.54, 1.807) is 11.9 Å². The lowest BCUT2D eigenvalue weighted by atomic mass is 10.1. The normalized spacial score (nSPS) is 15.2. The van der Waals surface area contributed by atoms with Crippen molar-refractivity contribution in [2.45, 2.75) is 38.5 Å². The molecule has 0 bridgehead atoms. The second-order valence-corrected chi connectivity index (χ2v) is 5.78. The molecule has 1 N–H and O–H groups in total. The van der Waals surface area contributed by atoms with Crippen molar-refractivity contribution < 1.29 is 14.6 Å². The summed E-state index contributed by atoms with van der Waals surface area (Å²) in [5.41, 5.74) is 0. The third-order valence-electron chi connectivity index (χ3n) is 2.48. The van der Waals surface area contributed by atoms with E-state index in [-0.39, 0.29) is 11.9 Å². The molecule has 5 heteroatoms. The van der Waals surface area contributed by atoms with Gasteiger partial charge in [0.25, 0.3) is 0 Å². The van der Waals surface area contributed by atoms with Crippen LogP contribution >= 0.6 is 12.6 Å². The number of hydrogen-bond acceptors (Lipinski definition) is 4. The second-order valence-electron chi connectivity index (χ2n) is 4.90. The number of rotatable bonds is 9. The highest BCUT2D eigenvalue weighted by Gasteiger charge is 2.23. The summed E-state index contributed by atoms with van der Waals surface area (Å²) in [6, 6.07) is -0.586. The molecule has 17 heavy (non-hydrogen) atoms. The Morgan fingerprint density at radius 1 is 1.41 bits per heavy atom. The fourth-order valence-corrected chi connectivity index (χ4v) is 1.70. The standard InChI is InChI=1S/C12H25NO3S/c1-9(2)5-6-16-8-11(12(14)15)13(4)7-10(3)17/h9-11,17H,5-8H2,1-4H3,(H,14,15)/t10-,11?/m0/s1. The highest BCUT2D eigenvalue weighted by Crippen LogP contribution is 2.05. The molecule has 0 aliphatic heterocycles. The highest BCUT2D eigenvalue weighted by molar-refractivity contribution is 7.80. The van der Waals surface area contributed by atoms with Crippen molar-refractivity contribution in [2.24, 2.45) is 5.92 Å². The summed E-state index contributed by atoms with van der Waals surface area (Å²) in [6.07, 6.45) is 0.957. The third-order valence-corrected chi connectivity index (χ3v) is 2.65. The van der Waals surface area contributed by atoms with Crippen LogP contribution in [0.1, 0.15) is 27.2 Å². The van der Waals surface area contributed by atoms with Gasteiger partial charge in [0.2, 0.25) is 0 Å². The zero-order valence-electron chi connectivity index (χ0n) is 11.2. The number of carboxylic acids is 1. The molecule has 0 radical (unpaired) electrons. The van der Waals surface area contributed by atoms with E-state index in [1.807, 2.05) is 6.92 Å². The van der Waals surface area contributed by atoms with Crippen LogP contribution in [0.15, 0.2) is 0 Å². The van der Waals surface area contributed by atoms with Crippen LogP contribution in [0.2, 0.25) is 0 Å². The number of thiol groups is 1. The van der Waals surface area contributed by atoms with E-state index in [2.05, 4.69) is 26.5 Å². The molecule has 0 aliphatic rings. The molecular weight excluding hydrogens is 238 g/mol. The molecule has 0 aromatic carbocycles. The molecule has 0 aliphatic carbocycles. The Hall–Kier alpha value is -0.260. The average molecular weight is 263 g/mol. The van der Waals surface area contributed by atoms with Gasteiger partial charge < -0.3 is 9.84 Å². The molecule has 0 heterocycles. The Morgan fingerprint density at radius 2 is 2.00 bits per heavy atom. The van der Waals surface area contributed by atoms with E-state index in [0.29, 0.717) is 19.1 Å². The maximum Gasteiger partial charge on any atom is 0.323 e. The van der Waals surface area contributed by atoms with E-state index in [4.69, 9.17) is 9.84 Å². The predicted octanol–water partition coefficient (Wildman–Crippen LogP) is 1.75. The van der Waals surface area contributed by atoms with Crippen LogP contribution in [0.3, 0.4) is 0 Å². The minimum atomic E-state index is -0.842. The first kappa shape index (κ1) is 16.7. The molecule has 1 unspecified atom stereocenters. The van der Waals surface area contributed by atoms with Crippen molar-refractivity contribution in [3.63, 3.8) is 0 Å². The summed E-state index contributed by atoms with van der Waals surface area (Å²) in [5.74, 6) is -0.264. The number of hydrogen-bond donors (Lipinski definition) is 2. The van der Waals surface area contributed by atoms with Crippen LogP contribution in [0.25, 0.3) is 0 Å². The molecule has 0 saturated carbocycles. The fraction of sp³-hybridized carbons (Fsp3) is 0.917. The van der Waals surface area contributed by atoms with Crippen LogP contribution in [0.5, 0.6) is 0 Å². The Balaban J connectivity index is 4.02. The molecule has 102 valence electrons. The number of aliphatic carboxylic acids is 1. The van der Waals surface area contributed by atoms with Gasteiger partial charge in [0.05, 0.1) is 6.61 Å². The third kappa shape index (κ3) is 8.46. The number of nitrogens with zero attached hydrogens (tertiary/aromatic N) is 1. The maximum atomic E-state index is 11.1. The lowest BCUT2D eigenvalue weighted by molar-refractivity contribution is -0.145. The molecule has 0 fully saturated rings. The Bertz CT molecular complexity index is 222. The van der Waals surface area contributed by atoms with Crippen molar-refractivity contribution in [3.8, 4) is 0 Å². The Kier molecular flexibility index (Phi) is 8.64. The molecule has 2 atom stereocenters. The van der Waals surface area contributed by atoms with E-state index in [1.165, 1.54) is 0 Å². The molecule has 0 spiro atoms. The summed E-state index contributed by atoms with van der Waals surface area (Å²) >= 11 is 4.26. The molecule has 0 aromatic heterocycles. The monoisotopic (exact) mass is 263 g/mol. The first-order chi connectivity index (χ1) is 7.84. The van der Waals surface area contributed by atoms with Gasteiger partial charge in [-0.1, -0.05) is 20.8 Å². The van der Waals surface area contributed by atoms with E-state index in [0.717, 1.165) is 6.42 Å². The van der Waals surface area contributed by atoms with Crippen molar-refractivity contribution >= 4 is 18.6 Å². The predicted molar refractivity (Wildman–Crippen MR) is 72.8 cm³/mol. The molecular formula is C12H25NO3S. The first-order valence-corrected chi connectivity index (χ1v) is 6.55. The second kappa shape index (κ2) is 8.78. The smallest absolute Gasteiger partial charge is 0.323 e. The minimum absolute atomic E-state index is 0.150. The van der Waals surface area contributed by atoms with Gasteiger partial charge in [-0.25, -0.2) is 0 Å². The molecule has 4 nitrogen and oxygen atoms in total. The first-order valence-electron chi connectivity index (χ1n) is 6.03. The summed E-state index contributed by atoms with van der Waals surface area (Å²) in [4.78, 5) is 12.9. The lowest BCUT2D eigenvalue weighted by Gasteiger charge is -2.25. The average Bonchev–Trinajstić information content (AvgIpc) is 2.14. The maximum absolute atomic E-state index is 11.1. The van der Waals surface area contributed by atoms with Gasteiger partial charge in [-0.15, -0.1) is 0 Å². The van der Waals surface area contributed by atoms with E-state index < -0.39 is 12.0 Å². The van der Waals surface area contributed by atoms with Crippen molar-refractivity contribution in [1.29, 1.82) is 0 Å². The summed E-state index contributed by atoms with van der Waals surface area (Å²) in [6.45, 7) is 7.66. The number of carboxylic acid groups (broad SMARTS) is 1. The van der Waals surface area contributed by atoms with Gasteiger partial charge in [-0.05, 0) is 19.4 Å². The van der Waals surface area contributed by atoms with Gasteiger partial charge in [0.1, 0.15) is 6.04 Å². The quantitative estimate of drug-likeness (QED) is 0.491. The molecule has 0 rings (SSSR count). The summed E-state index contributed by atoms with van der Waals surface area (Å²) in [7, 11) is 1.79. The van der Waals surface area contributed by atoms with Gasteiger partial charge in [-0.2, -0.15) is 12.6 Å². The number of likely N-dealkylation sites (N-methyl/N-ethyl adjacent to an activating group) is 1. The largest absolute Gasteiger partial charge is 0.480 e. The Labute approximate surface area is 110 Å². The zero-order chi connectivity index (χ0) is 13.4. The SMILES string of the molecule is CC(C)CCOCC(C(=O)O)N(C)C[C@H](C)S. The lowest BCUT2D eigenvalue weighted by Crippen LogP contribution is -2.44. The van der Waals surface area contributed by atoms with Gasteiger partial charge in [0.15, 0.2) is 0 Å². The van der Waals surface area contributed by atoms with Gasteiger partial charge in [-0.3, -0.25) is 9.69 Å². The van der Waals surface area contributed by atoms with Crippen molar-refractivity contribution in [2.75, 3.05) is 26.8 Å². The van der Waals surface area contributed by atoms with Gasteiger partial charge in [0, 0.05) is 18.4 Å². The van der Waals surface area contributed by atoms with Crippen molar-refractivity contribution in [1.82, 2.24) is 4.90 Å². The van der Waals surface area contributed by atoms with Crippen LogP contribution < -0.4 is 0 Å². The van der Waals surface area contributed by atoms with Crippen molar-refractivity contribution in [3.05, 3.63) is 0 Å². The highest BCUT2D eigenvalue weighted by atomic mass is 32.1. The zero-order valence-corrected chi connectivity index (χ0v) is 12.1. The minimum Gasteiger partial charge on any atom is -0.480 e. The summed E-state index contributed by atoms with van der Waals surface area (Å²) < 4.78 is 5.42. The summed E-state index contributed by atoms with van der Waals surface area (Å²) in [5, 5.41) is 9.27. The van der Waals surface area contributed by atoms with Gasteiger partial charge >= 0.3 is 5.97 Å². The molecule has 0 saturated heterocycles. The van der Waals surface area contributed by atoms with Crippen LogP contribution in [-0.4, -0.2) is 54.1 Å². The topological polar surface area (TPSA) is 49.8 Å². The fourth-order valence-electron chi connectivity index (χ4n) is 1.45. The Morgan fingerprint density at radius 3 is 2.41 bits per heavy atom. The molecule has 0 amide bonds. The molecule has 0 aromatic rings. The van der Waals surface area contributed by atoms with Crippen LogP contribution in [-0.2, 0) is 9.53 Å². The number of ether oxygens (including phenoxy) is 1. The van der Waals surface area contributed by atoms with Crippen LogP contribution in [0.4, 0.5) is 0 Å². The van der Waals surface area contributed by atoms with E-state index >= 15 is 0 Å².